The normalized spacial score (nSPS) is 30.3. The maximum Gasteiger partial charge on any atom is 0.410 e. The van der Waals surface area contributed by atoms with Crippen molar-refractivity contribution in [2.45, 2.75) is 130 Å². The molecule has 2 N–H and O–H groups in total. The van der Waals surface area contributed by atoms with E-state index in [1.807, 2.05) is 59.9 Å². The Balaban J connectivity index is 2.30. The van der Waals surface area contributed by atoms with Crippen LogP contribution in [0.3, 0.4) is 0 Å². The Bertz CT molecular complexity index is 1100. The second-order valence-corrected chi connectivity index (χ2v) is 13.7. The fraction of sp³-hybridized carbons (Fsp3) is 0.750. The van der Waals surface area contributed by atoms with Gasteiger partial charge in [-0.05, 0) is 78.0 Å². The molecule has 0 spiro atoms. The lowest BCUT2D eigenvalue weighted by Gasteiger charge is -2.38. The standard InChI is InChI=1S/C36H60N2O9/c1-10-31(41)28(6)44-27(5)22-24(2)12-11-13-25(3)34-26(4)14-15-32(45-35(43)38-20-18-37(9)19-21-38)36(8,47-29(7)39)17-16-30(40)23-33(42)46-34/h11-15,24,26-28,30-32,34,40-41H,10,16-23H2,1-9H3/b12-11+,15-14+,25-13+/t24-,26+,27+,28?,30-,31+,32+,34-,36-/m1/s1. The highest BCUT2D eigenvalue weighted by molar-refractivity contribution is 5.71. The van der Waals surface area contributed by atoms with Crippen LogP contribution in [0.5, 0.6) is 0 Å². The van der Waals surface area contributed by atoms with Gasteiger partial charge in [-0.25, -0.2) is 4.79 Å². The van der Waals surface area contributed by atoms with Crippen LogP contribution in [0.2, 0.25) is 0 Å². The third-order valence-electron chi connectivity index (χ3n) is 9.03. The molecule has 2 aliphatic heterocycles. The number of piperazine rings is 1. The molecular weight excluding hydrogens is 604 g/mol. The molecule has 47 heavy (non-hydrogen) atoms. The Hall–Kier alpha value is -2.73. The molecule has 2 aliphatic rings. The van der Waals surface area contributed by atoms with Crippen LogP contribution in [0.4, 0.5) is 4.79 Å². The number of carbonyl (C=O) groups is 3. The third kappa shape index (κ3) is 13.7. The third-order valence-corrected chi connectivity index (χ3v) is 9.03. The first-order chi connectivity index (χ1) is 22.0. The van der Waals surface area contributed by atoms with Crippen molar-refractivity contribution >= 4 is 18.0 Å². The van der Waals surface area contributed by atoms with Crippen molar-refractivity contribution < 1.29 is 43.5 Å². The molecule has 268 valence electrons. The number of esters is 2. The molecule has 0 aromatic carbocycles. The van der Waals surface area contributed by atoms with Crippen molar-refractivity contribution in [3.8, 4) is 0 Å². The minimum atomic E-state index is -1.28. The second-order valence-electron chi connectivity index (χ2n) is 13.7. The van der Waals surface area contributed by atoms with Crippen molar-refractivity contribution in [1.29, 1.82) is 0 Å². The molecule has 11 nitrogen and oxygen atoms in total. The number of aliphatic hydroxyl groups excluding tert-OH is 2. The number of likely N-dealkylation sites (N-methyl/N-ethyl adjacent to an activating group) is 1. The second kappa shape index (κ2) is 19.3. The van der Waals surface area contributed by atoms with E-state index in [0.29, 0.717) is 19.5 Å². The molecule has 0 bridgehead atoms. The summed E-state index contributed by atoms with van der Waals surface area (Å²) in [6.45, 7) is 17.1. The molecule has 0 aliphatic carbocycles. The fourth-order valence-corrected chi connectivity index (χ4v) is 5.99. The average Bonchev–Trinajstić information content (AvgIpc) is 2.99. The summed E-state index contributed by atoms with van der Waals surface area (Å²) < 4.78 is 23.6. The van der Waals surface area contributed by atoms with Crippen LogP contribution < -0.4 is 0 Å². The molecule has 0 saturated carbocycles. The van der Waals surface area contributed by atoms with Gasteiger partial charge in [-0.3, -0.25) is 9.59 Å². The Morgan fingerprint density at radius 2 is 1.81 bits per heavy atom. The van der Waals surface area contributed by atoms with Crippen molar-refractivity contribution in [2.75, 3.05) is 33.2 Å². The van der Waals surface area contributed by atoms with E-state index in [1.54, 1.807) is 17.9 Å². The van der Waals surface area contributed by atoms with E-state index in [-0.39, 0.29) is 43.3 Å². The van der Waals surface area contributed by atoms with Gasteiger partial charge in [0.2, 0.25) is 0 Å². The summed E-state index contributed by atoms with van der Waals surface area (Å²) in [6, 6.07) is 0. The summed E-state index contributed by atoms with van der Waals surface area (Å²) in [5, 5.41) is 20.8. The SMILES string of the molecule is CC[C@H](O)C(C)O[C@@H](C)C[C@H](C)/C=C/C=C(\C)[C@H]1OC(=O)C[C@H](O)CC[C@@](C)(OC(C)=O)[C@@H](OC(=O)N2CCN(C)CC2)/C=C/[C@@H]1C. The van der Waals surface area contributed by atoms with Gasteiger partial charge in [-0.1, -0.05) is 45.1 Å². The number of carbonyl (C=O) groups excluding carboxylic acids is 3. The first-order valence-electron chi connectivity index (χ1n) is 17.1. The van der Waals surface area contributed by atoms with Gasteiger partial charge in [-0.15, -0.1) is 0 Å². The van der Waals surface area contributed by atoms with Crippen LogP contribution in [0, 0.1) is 11.8 Å². The number of aliphatic hydroxyl groups is 2. The highest BCUT2D eigenvalue weighted by Crippen LogP contribution is 2.30. The van der Waals surface area contributed by atoms with Crippen LogP contribution in [-0.4, -0.2) is 113 Å². The molecular formula is C36H60N2O9. The lowest BCUT2D eigenvalue weighted by molar-refractivity contribution is -0.168. The molecule has 0 aromatic rings. The van der Waals surface area contributed by atoms with Crippen LogP contribution in [0.1, 0.15) is 87.5 Å². The molecule has 9 atom stereocenters. The van der Waals surface area contributed by atoms with Gasteiger partial charge >= 0.3 is 18.0 Å². The Morgan fingerprint density at radius 3 is 2.43 bits per heavy atom. The Labute approximate surface area is 281 Å². The molecule has 1 unspecified atom stereocenters. The molecule has 1 saturated heterocycles. The zero-order valence-electron chi connectivity index (χ0n) is 30.0. The first-order valence-corrected chi connectivity index (χ1v) is 17.1. The highest BCUT2D eigenvalue weighted by Gasteiger charge is 2.41. The average molecular weight is 665 g/mol. The summed E-state index contributed by atoms with van der Waals surface area (Å²) in [6.07, 6.45) is 7.01. The summed E-state index contributed by atoms with van der Waals surface area (Å²) in [7, 11) is 2.00. The number of rotatable bonds is 11. The summed E-state index contributed by atoms with van der Waals surface area (Å²) in [5.74, 6) is -1.22. The topological polar surface area (TPSA) is 135 Å². The monoisotopic (exact) mass is 664 g/mol. The quantitative estimate of drug-likeness (QED) is 0.137. The maximum absolute atomic E-state index is 13.3. The van der Waals surface area contributed by atoms with Crippen LogP contribution in [0.25, 0.3) is 0 Å². The largest absolute Gasteiger partial charge is 0.457 e. The molecule has 1 amide bonds. The van der Waals surface area contributed by atoms with Gasteiger partial charge < -0.3 is 39.0 Å². The van der Waals surface area contributed by atoms with E-state index >= 15 is 0 Å². The van der Waals surface area contributed by atoms with Gasteiger partial charge in [0.25, 0.3) is 0 Å². The Morgan fingerprint density at radius 1 is 1.15 bits per heavy atom. The van der Waals surface area contributed by atoms with Crippen LogP contribution in [0.15, 0.2) is 36.0 Å². The lowest BCUT2D eigenvalue weighted by Crippen LogP contribution is -2.51. The van der Waals surface area contributed by atoms with E-state index in [9.17, 15) is 24.6 Å². The first kappa shape index (κ1) is 40.4. The van der Waals surface area contributed by atoms with Crippen molar-refractivity contribution in [3.63, 3.8) is 0 Å². The fourth-order valence-electron chi connectivity index (χ4n) is 5.99. The molecule has 2 rings (SSSR count). The van der Waals surface area contributed by atoms with Crippen LogP contribution >= 0.6 is 0 Å². The van der Waals surface area contributed by atoms with E-state index in [0.717, 1.165) is 25.1 Å². The van der Waals surface area contributed by atoms with E-state index < -0.39 is 48.0 Å². The summed E-state index contributed by atoms with van der Waals surface area (Å²) in [4.78, 5) is 42.2. The number of cyclic esters (lactones) is 1. The van der Waals surface area contributed by atoms with Crippen molar-refractivity contribution in [1.82, 2.24) is 9.80 Å². The molecule has 0 radical (unpaired) electrons. The van der Waals surface area contributed by atoms with Crippen molar-refractivity contribution in [2.24, 2.45) is 11.8 Å². The smallest absolute Gasteiger partial charge is 0.410 e. The summed E-state index contributed by atoms with van der Waals surface area (Å²) >= 11 is 0. The van der Waals surface area contributed by atoms with Crippen molar-refractivity contribution in [3.05, 3.63) is 36.0 Å². The molecule has 0 aromatic heterocycles. The van der Waals surface area contributed by atoms with Gasteiger partial charge in [0.1, 0.15) is 11.7 Å². The van der Waals surface area contributed by atoms with E-state index in [4.69, 9.17) is 18.9 Å². The predicted octanol–water partition coefficient (Wildman–Crippen LogP) is 4.80. The van der Waals surface area contributed by atoms with Gasteiger partial charge in [0.05, 0.1) is 30.8 Å². The number of hydrogen-bond acceptors (Lipinski definition) is 10. The van der Waals surface area contributed by atoms with E-state index in [2.05, 4.69) is 17.9 Å². The number of allylic oxidation sites excluding steroid dienone is 3. The molecule has 1 fully saturated rings. The lowest BCUT2D eigenvalue weighted by atomic mass is 9.88. The zero-order chi connectivity index (χ0) is 35.3. The predicted molar refractivity (Wildman–Crippen MR) is 181 cm³/mol. The zero-order valence-corrected chi connectivity index (χ0v) is 30.0. The van der Waals surface area contributed by atoms with Crippen LogP contribution in [-0.2, 0) is 28.5 Å². The number of nitrogens with zero attached hydrogens (tertiary/aromatic N) is 2. The minimum Gasteiger partial charge on any atom is -0.457 e. The summed E-state index contributed by atoms with van der Waals surface area (Å²) in [5.41, 5.74) is -0.482. The molecule has 2 heterocycles. The highest BCUT2D eigenvalue weighted by atomic mass is 16.6. The number of ether oxygens (including phenoxy) is 4. The van der Waals surface area contributed by atoms with Gasteiger partial charge in [0.15, 0.2) is 6.10 Å². The molecule has 11 heteroatoms. The number of hydrogen-bond donors (Lipinski definition) is 2. The van der Waals surface area contributed by atoms with E-state index in [1.165, 1.54) is 6.92 Å². The Kier molecular flexibility index (Phi) is 16.6. The minimum absolute atomic E-state index is 0.0317. The van der Waals surface area contributed by atoms with Gasteiger partial charge in [0, 0.05) is 39.0 Å². The van der Waals surface area contributed by atoms with Gasteiger partial charge in [-0.2, -0.15) is 0 Å². The maximum atomic E-state index is 13.3. The number of amides is 1.